The zero-order valence-corrected chi connectivity index (χ0v) is 10.6. The summed E-state index contributed by atoms with van der Waals surface area (Å²) in [6.07, 6.45) is 11.4. The van der Waals surface area contributed by atoms with E-state index in [4.69, 9.17) is 0 Å². The van der Waals surface area contributed by atoms with E-state index < -0.39 is 0 Å². The van der Waals surface area contributed by atoms with Gasteiger partial charge in [0.25, 0.3) is 0 Å². The summed E-state index contributed by atoms with van der Waals surface area (Å²) in [7, 11) is 0. The molecule has 1 radical (unpaired) electrons. The molecule has 19 heavy (non-hydrogen) atoms. The molecular weight excluding hydrogens is 238 g/mol. The van der Waals surface area contributed by atoms with Crippen molar-refractivity contribution in [3.63, 3.8) is 0 Å². The summed E-state index contributed by atoms with van der Waals surface area (Å²) in [4.78, 5) is 7.46. The van der Waals surface area contributed by atoms with Gasteiger partial charge in [0.2, 0.25) is 0 Å². The van der Waals surface area contributed by atoms with Crippen LogP contribution in [0.1, 0.15) is 11.5 Å². The van der Waals surface area contributed by atoms with E-state index in [9.17, 15) is 0 Å². The van der Waals surface area contributed by atoms with Crippen LogP contribution in [0.5, 0.6) is 0 Å². The Labute approximate surface area is 111 Å². The molecule has 0 amide bonds. The first-order chi connectivity index (χ1) is 9.40. The Morgan fingerprint density at radius 1 is 1.16 bits per heavy atom. The number of nitrogens with zero attached hydrogens (tertiary/aromatic N) is 3. The van der Waals surface area contributed by atoms with Crippen LogP contribution in [0.3, 0.4) is 0 Å². The van der Waals surface area contributed by atoms with Crippen LogP contribution in [0.25, 0.3) is 0 Å². The van der Waals surface area contributed by atoms with Crippen LogP contribution in [0, 0.1) is 5.92 Å². The molecule has 0 atom stereocenters. The second-order valence-electron chi connectivity index (χ2n) is 4.56. The van der Waals surface area contributed by atoms with E-state index in [0.29, 0.717) is 0 Å². The van der Waals surface area contributed by atoms with E-state index in [1.165, 1.54) is 5.92 Å². The Bertz CT molecular complexity index is 479. The standard InChI is InChI=1S/C14H16N5/c1-2-8-19(7-1)11-12(9-13-3-4-17-18-13)10-14-15-5-6-16-14/h1-8H,9-11H2,(H,15,16)(H,17,18). The second-order valence-corrected chi connectivity index (χ2v) is 4.56. The summed E-state index contributed by atoms with van der Waals surface area (Å²) in [6.45, 7) is 0.889. The van der Waals surface area contributed by atoms with Gasteiger partial charge < -0.3 is 9.55 Å². The summed E-state index contributed by atoms with van der Waals surface area (Å²) in [5.41, 5.74) is 1.06. The molecule has 0 saturated carbocycles. The Morgan fingerprint density at radius 3 is 2.74 bits per heavy atom. The molecule has 0 bridgehead atoms. The fraction of sp³-hybridized carbons (Fsp3) is 0.214. The minimum absolute atomic E-state index is 0.845. The van der Waals surface area contributed by atoms with Gasteiger partial charge in [0.15, 0.2) is 0 Å². The summed E-state index contributed by atoms with van der Waals surface area (Å²) in [6, 6.07) is 6.09. The first-order valence-corrected chi connectivity index (χ1v) is 6.31. The minimum atomic E-state index is 0.845. The molecule has 2 N–H and O–H groups in total. The van der Waals surface area contributed by atoms with Crippen LogP contribution in [0.2, 0.25) is 0 Å². The van der Waals surface area contributed by atoms with Crippen molar-refractivity contribution in [1.82, 2.24) is 24.7 Å². The van der Waals surface area contributed by atoms with Gasteiger partial charge in [-0.1, -0.05) is 0 Å². The Balaban J connectivity index is 1.70. The monoisotopic (exact) mass is 254 g/mol. The molecule has 0 spiro atoms. The molecule has 3 aromatic heterocycles. The Hall–Kier alpha value is -2.30. The number of H-pyrrole nitrogens is 2. The lowest BCUT2D eigenvalue weighted by molar-refractivity contribution is 0.636. The maximum Gasteiger partial charge on any atom is 0.106 e. The maximum atomic E-state index is 4.30. The third kappa shape index (κ3) is 3.13. The largest absolute Gasteiger partial charge is 0.354 e. The summed E-state index contributed by atoms with van der Waals surface area (Å²) >= 11 is 0. The van der Waals surface area contributed by atoms with E-state index >= 15 is 0 Å². The molecule has 0 aliphatic rings. The number of aromatic nitrogens is 5. The Kier molecular flexibility index (Phi) is 3.45. The van der Waals surface area contributed by atoms with Crippen LogP contribution >= 0.6 is 0 Å². The molecule has 3 aromatic rings. The van der Waals surface area contributed by atoms with Crippen LogP contribution < -0.4 is 0 Å². The summed E-state index contributed by atoms with van der Waals surface area (Å²) < 4.78 is 2.17. The van der Waals surface area contributed by atoms with Crippen molar-refractivity contribution in [2.45, 2.75) is 19.4 Å². The predicted molar refractivity (Wildman–Crippen MR) is 72.3 cm³/mol. The number of imidazole rings is 1. The van der Waals surface area contributed by atoms with Crippen molar-refractivity contribution >= 4 is 0 Å². The molecule has 5 nitrogen and oxygen atoms in total. The van der Waals surface area contributed by atoms with E-state index in [2.05, 4.69) is 37.1 Å². The van der Waals surface area contributed by atoms with Crippen molar-refractivity contribution < 1.29 is 0 Å². The SMILES string of the molecule is c1ccn(C[C](Cc2cc[nH]n2)Cc2ncc[nH]2)c1. The number of hydrogen-bond donors (Lipinski definition) is 2. The third-order valence-corrected chi connectivity index (χ3v) is 3.03. The van der Waals surface area contributed by atoms with Gasteiger partial charge in [-0.05, 0) is 24.6 Å². The van der Waals surface area contributed by atoms with Gasteiger partial charge in [-0.15, -0.1) is 0 Å². The van der Waals surface area contributed by atoms with E-state index in [1.54, 1.807) is 6.20 Å². The third-order valence-electron chi connectivity index (χ3n) is 3.03. The smallest absolute Gasteiger partial charge is 0.106 e. The highest BCUT2D eigenvalue weighted by molar-refractivity contribution is 5.12. The maximum absolute atomic E-state index is 4.30. The Morgan fingerprint density at radius 2 is 2.05 bits per heavy atom. The molecule has 0 aliphatic carbocycles. The first-order valence-electron chi connectivity index (χ1n) is 6.31. The molecule has 0 unspecified atom stereocenters. The zero-order valence-electron chi connectivity index (χ0n) is 10.6. The van der Waals surface area contributed by atoms with Gasteiger partial charge in [0.1, 0.15) is 5.82 Å². The average Bonchev–Trinajstić information content (AvgIpc) is 3.10. The first kappa shape index (κ1) is 11.8. The molecule has 5 heteroatoms. The molecular formula is C14H16N5. The lowest BCUT2D eigenvalue weighted by Gasteiger charge is -2.15. The number of nitrogens with one attached hydrogen (secondary N) is 2. The van der Waals surface area contributed by atoms with Crippen LogP contribution in [-0.2, 0) is 19.4 Å². The lowest BCUT2D eigenvalue weighted by Crippen LogP contribution is -2.14. The highest BCUT2D eigenvalue weighted by Crippen LogP contribution is 2.16. The van der Waals surface area contributed by atoms with Crippen molar-refractivity contribution in [3.8, 4) is 0 Å². The second kappa shape index (κ2) is 5.56. The number of hydrogen-bond acceptors (Lipinski definition) is 2. The molecule has 3 heterocycles. The van der Waals surface area contributed by atoms with Gasteiger partial charge in [-0.2, -0.15) is 5.10 Å². The zero-order chi connectivity index (χ0) is 12.9. The average molecular weight is 254 g/mol. The molecule has 0 saturated heterocycles. The quantitative estimate of drug-likeness (QED) is 0.706. The van der Waals surface area contributed by atoms with E-state index in [0.717, 1.165) is 30.9 Å². The highest BCUT2D eigenvalue weighted by atomic mass is 15.1. The van der Waals surface area contributed by atoms with Gasteiger partial charge in [-0.25, -0.2) is 4.98 Å². The van der Waals surface area contributed by atoms with Crippen molar-refractivity contribution in [2.24, 2.45) is 0 Å². The van der Waals surface area contributed by atoms with Crippen LogP contribution in [-0.4, -0.2) is 24.7 Å². The van der Waals surface area contributed by atoms with Crippen LogP contribution in [0.4, 0.5) is 0 Å². The fourth-order valence-electron chi connectivity index (χ4n) is 2.19. The molecule has 0 aliphatic heterocycles. The molecule has 3 rings (SSSR count). The predicted octanol–water partition coefficient (Wildman–Crippen LogP) is 1.99. The number of rotatable bonds is 6. The van der Waals surface area contributed by atoms with Crippen molar-refractivity contribution in [3.05, 3.63) is 66.6 Å². The van der Waals surface area contributed by atoms with Gasteiger partial charge >= 0.3 is 0 Å². The normalized spacial score (nSPS) is 11.2. The molecule has 0 fully saturated rings. The highest BCUT2D eigenvalue weighted by Gasteiger charge is 2.14. The minimum Gasteiger partial charge on any atom is -0.354 e. The van der Waals surface area contributed by atoms with Gasteiger partial charge in [0.05, 0.1) is 5.69 Å². The van der Waals surface area contributed by atoms with E-state index in [-0.39, 0.29) is 0 Å². The molecule has 0 aromatic carbocycles. The van der Waals surface area contributed by atoms with Gasteiger partial charge in [-0.3, -0.25) is 5.10 Å². The van der Waals surface area contributed by atoms with E-state index in [1.807, 2.05) is 30.6 Å². The summed E-state index contributed by atoms with van der Waals surface area (Å²) in [5, 5.41) is 7.09. The van der Waals surface area contributed by atoms with Gasteiger partial charge in [0, 0.05) is 49.9 Å². The topological polar surface area (TPSA) is 62.3 Å². The number of aromatic amines is 2. The van der Waals surface area contributed by atoms with Crippen molar-refractivity contribution in [1.29, 1.82) is 0 Å². The summed E-state index contributed by atoms with van der Waals surface area (Å²) in [5.74, 6) is 2.37. The van der Waals surface area contributed by atoms with Crippen molar-refractivity contribution in [2.75, 3.05) is 0 Å². The molecule has 97 valence electrons. The van der Waals surface area contributed by atoms with Crippen LogP contribution in [0.15, 0.2) is 49.2 Å². The fourth-order valence-corrected chi connectivity index (χ4v) is 2.19. The lowest BCUT2D eigenvalue weighted by atomic mass is 9.99.